The number of ether oxygens (including phenoxy) is 2. The van der Waals surface area contributed by atoms with Crippen LogP contribution in [0.25, 0.3) is 0 Å². The molecule has 2 amide bonds. The molecule has 3 heterocycles. The Bertz CT molecular complexity index is 1080. The van der Waals surface area contributed by atoms with Crippen LogP contribution in [-0.4, -0.2) is 54.9 Å². The average molecular weight is 458 g/mol. The van der Waals surface area contributed by atoms with E-state index in [0.717, 1.165) is 29.8 Å². The van der Waals surface area contributed by atoms with Crippen molar-refractivity contribution < 1.29 is 19.1 Å². The fourth-order valence-corrected chi connectivity index (χ4v) is 4.72. The molecule has 1 aliphatic carbocycles. The zero-order valence-corrected chi connectivity index (χ0v) is 18.2. The monoisotopic (exact) mass is 457 g/mol. The number of fused-ring (bicyclic) bond motifs is 2. The van der Waals surface area contributed by atoms with E-state index in [1.165, 1.54) is 10.5 Å². The Morgan fingerprint density at radius 3 is 3.00 bits per heavy atom. The van der Waals surface area contributed by atoms with Crippen molar-refractivity contribution in [2.75, 3.05) is 36.5 Å². The van der Waals surface area contributed by atoms with Crippen molar-refractivity contribution in [3.05, 3.63) is 46.5 Å². The fourth-order valence-electron chi connectivity index (χ4n) is 4.46. The molecule has 2 atom stereocenters. The number of nitrogens with one attached hydrogen (secondary N) is 2. The van der Waals surface area contributed by atoms with Crippen molar-refractivity contribution in [2.45, 2.75) is 30.9 Å². The lowest BCUT2D eigenvalue weighted by atomic mass is 9.93. The third-order valence-electron chi connectivity index (χ3n) is 6.07. The summed E-state index contributed by atoms with van der Waals surface area (Å²) in [7, 11) is 0. The van der Waals surface area contributed by atoms with Crippen molar-refractivity contribution >= 4 is 35.2 Å². The molecule has 0 spiro atoms. The molecule has 0 bridgehead atoms. The van der Waals surface area contributed by atoms with Gasteiger partial charge in [0.25, 0.3) is 5.91 Å². The summed E-state index contributed by atoms with van der Waals surface area (Å²) in [4.78, 5) is 29.7. The van der Waals surface area contributed by atoms with Gasteiger partial charge in [0.2, 0.25) is 0 Å². The molecule has 1 saturated heterocycles. The second kappa shape index (κ2) is 8.23. The Hall–Kier alpha value is -2.88. The predicted octanol–water partition coefficient (Wildman–Crippen LogP) is 1.87. The number of nitrogens with two attached hydrogens (primary N) is 1. The minimum Gasteiger partial charge on any atom is -0.480 e. The first-order valence-electron chi connectivity index (χ1n) is 10.6. The molecular weight excluding hydrogens is 434 g/mol. The highest BCUT2D eigenvalue weighted by Gasteiger charge is 2.36. The maximum Gasteiger partial charge on any atom is 0.416 e. The average Bonchev–Trinajstić information content (AvgIpc) is 3.31. The van der Waals surface area contributed by atoms with Crippen LogP contribution in [0.1, 0.15) is 17.5 Å². The molecule has 4 N–H and O–H groups in total. The second-order valence-electron chi connectivity index (χ2n) is 8.52. The summed E-state index contributed by atoms with van der Waals surface area (Å²) >= 11 is 6.31. The molecule has 1 aromatic carbocycles. The van der Waals surface area contributed by atoms with Gasteiger partial charge in [0.15, 0.2) is 18.2 Å². The topological polar surface area (TPSA) is 119 Å². The van der Waals surface area contributed by atoms with Crippen LogP contribution in [0.15, 0.2) is 30.3 Å². The molecule has 32 heavy (non-hydrogen) atoms. The molecule has 1 aromatic heterocycles. The van der Waals surface area contributed by atoms with E-state index in [1.807, 2.05) is 12.1 Å². The molecule has 2 aromatic rings. The highest BCUT2D eigenvalue weighted by Crippen LogP contribution is 2.35. The number of aromatic nitrogens is 1. The Morgan fingerprint density at radius 2 is 2.16 bits per heavy atom. The lowest BCUT2D eigenvalue weighted by molar-refractivity contribution is -0.118. The van der Waals surface area contributed by atoms with Crippen molar-refractivity contribution in [3.63, 3.8) is 0 Å². The maximum absolute atomic E-state index is 12.4. The molecule has 3 aliphatic rings. The SMILES string of the molecule is NC1(CCNCC2CN(c3ccc4c(n3)NC(=O)CO4)C(=O)O2)Cc2cccc(Cl)c2C1. The molecule has 2 unspecified atom stereocenters. The van der Waals surface area contributed by atoms with Gasteiger partial charge >= 0.3 is 6.09 Å². The lowest BCUT2D eigenvalue weighted by Gasteiger charge is -2.24. The van der Waals surface area contributed by atoms with E-state index in [-0.39, 0.29) is 24.2 Å². The number of hydrogen-bond acceptors (Lipinski definition) is 7. The number of anilines is 2. The molecule has 1 fully saturated rings. The first kappa shape index (κ1) is 21.0. The largest absolute Gasteiger partial charge is 0.480 e. The normalized spacial score (nSPS) is 23.9. The first-order valence-corrected chi connectivity index (χ1v) is 11.0. The van der Waals surface area contributed by atoms with Gasteiger partial charge in [0.05, 0.1) is 6.54 Å². The lowest BCUT2D eigenvalue weighted by Crippen LogP contribution is -2.44. The summed E-state index contributed by atoms with van der Waals surface area (Å²) in [5.74, 6) is 0.909. The van der Waals surface area contributed by atoms with Crippen LogP contribution in [0.5, 0.6) is 5.75 Å². The summed E-state index contributed by atoms with van der Waals surface area (Å²) in [5.41, 5.74) is 8.67. The van der Waals surface area contributed by atoms with E-state index in [2.05, 4.69) is 21.7 Å². The Morgan fingerprint density at radius 1 is 1.28 bits per heavy atom. The van der Waals surface area contributed by atoms with E-state index >= 15 is 0 Å². The Balaban J connectivity index is 1.12. The third kappa shape index (κ3) is 4.11. The van der Waals surface area contributed by atoms with E-state index < -0.39 is 6.09 Å². The van der Waals surface area contributed by atoms with Crippen LogP contribution in [0.4, 0.5) is 16.4 Å². The number of nitrogens with zero attached hydrogens (tertiary/aromatic N) is 2. The van der Waals surface area contributed by atoms with Crippen LogP contribution in [-0.2, 0) is 22.4 Å². The van der Waals surface area contributed by atoms with Gasteiger partial charge < -0.3 is 25.8 Å². The van der Waals surface area contributed by atoms with E-state index in [0.29, 0.717) is 37.0 Å². The smallest absolute Gasteiger partial charge is 0.416 e. The summed E-state index contributed by atoms with van der Waals surface area (Å²) in [6.45, 7) is 1.53. The zero-order chi connectivity index (χ0) is 22.3. The van der Waals surface area contributed by atoms with E-state index in [9.17, 15) is 9.59 Å². The van der Waals surface area contributed by atoms with Crippen molar-refractivity contribution in [1.29, 1.82) is 0 Å². The summed E-state index contributed by atoms with van der Waals surface area (Å²) in [6, 6.07) is 9.31. The van der Waals surface area contributed by atoms with Crippen LogP contribution < -0.4 is 26.0 Å². The number of halogens is 1. The van der Waals surface area contributed by atoms with Gasteiger partial charge in [-0.15, -0.1) is 0 Å². The first-order chi connectivity index (χ1) is 15.4. The molecule has 2 aliphatic heterocycles. The van der Waals surface area contributed by atoms with Crippen LogP contribution in [0, 0.1) is 0 Å². The molecular formula is C22H24ClN5O4. The summed E-state index contributed by atoms with van der Waals surface area (Å²) < 4.78 is 10.8. The number of carbonyl (C=O) groups excluding carboxylic acids is 2. The van der Waals surface area contributed by atoms with Gasteiger partial charge in [-0.25, -0.2) is 9.78 Å². The van der Waals surface area contributed by atoms with Gasteiger partial charge in [-0.1, -0.05) is 23.7 Å². The van der Waals surface area contributed by atoms with Crippen LogP contribution >= 0.6 is 11.6 Å². The molecule has 0 radical (unpaired) electrons. The van der Waals surface area contributed by atoms with E-state index in [4.69, 9.17) is 26.8 Å². The predicted molar refractivity (Wildman–Crippen MR) is 119 cm³/mol. The number of rotatable bonds is 6. The summed E-state index contributed by atoms with van der Waals surface area (Å²) in [5, 5.41) is 6.78. The number of hydrogen-bond donors (Lipinski definition) is 3. The molecule has 168 valence electrons. The number of amides is 2. The second-order valence-corrected chi connectivity index (χ2v) is 8.92. The highest BCUT2D eigenvalue weighted by molar-refractivity contribution is 6.31. The van der Waals surface area contributed by atoms with Gasteiger partial charge in [0.1, 0.15) is 11.9 Å². The zero-order valence-electron chi connectivity index (χ0n) is 17.4. The van der Waals surface area contributed by atoms with Gasteiger partial charge in [0, 0.05) is 17.1 Å². The third-order valence-corrected chi connectivity index (χ3v) is 6.42. The maximum atomic E-state index is 12.4. The van der Waals surface area contributed by atoms with Gasteiger partial charge in [-0.2, -0.15) is 0 Å². The molecule has 0 saturated carbocycles. The number of pyridine rings is 1. The van der Waals surface area contributed by atoms with E-state index in [1.54, 1.807) is 12.1 Å². The minimum absolute atomic E-state index is 0.0449. The standard InChI is InChI=1S/C22H24ClN5O4/c23-16-3-1-2-13-8-22(24,9-15(13)16)6-7-25-10-14-11-28(21(30)32-14)18-5-4-17-20(26-18)27-19(29)12-31-17/h1-5,14,25H,6-12,24H2,(H,26,27,29). The van der Waals surface area contributed by atoms with Gasteiger partial charge in [-0.3, -0.25) is 9.69 Å². The van der Waals surface area contributed by atoms with Crippen molar-refractivity contribution in [3.8, 4) is 5.75 Å². The minimum atomic E-state index is -0.469. The number of cyclic esters (lactones) is 1. The molecule has 9 nitrogen and oxygen atoms in total. The van der Waals surface area contributed by atoms with Crippen LogP contribution in [0.3, 0.4) is 0 Å². The van der Waals surface area contributed by atoms with Gasteiger partial charge in [-0.05, 0) is 55.1 Å². The molecule has 5 rings (SSSR count). The molecule has 10 heteroatoms. The number of benzene rings is 1. The summed E-state index contributed by atoms with van der Waals surface area (Å²) in [6.07, 6.45) is 1.58. The Labute approximate surface area is 190 Å². The fraction of sp³-hybridized carbons (Fsp3) is 0.409. The quantitative estimate of drug-likeness (QED) is 0.566. The number of carbonyl (C=O) groups is 2. The van der Waals surface area contributed by atoms with Crippen molar-refractivity contribution in [1.82, 2.24) is 10.3 Å². The van der Waals surface area contributed by atoms with Crippen LogP contribution in [0.2, 0.25) is 5.02 Å². The Kier molecular flexibility index (Phi) is 5.40. The van der Waals surface area contributed by atoms with Crippen molar-refractivity contribution in [2.24, 2.45) is 5.73 Å². The highest BCUT2D eigenvalue weighted by atomic mass is 35.5.